The number of ether oxygens (including phenoxy) is 3. The number of nitrogens with zero attached hydrogens (tertiary/aromatic N) is 2. The summed E-state index contributed by atoms with van der Waals surface area (Å²) >= 11 is 0. The van der Waals surface area contributed by atoms with Gasteiger partial charge >= 0.3 is 11.8 Å². The Kier molecular flexibility index (Phi) is 9.69. The zero-order valence-corrected chi connectivity index (χ0v) is 22.2. The molecule has 4 atom stereocenters. The van der Waals surface area contributed by atoms with E-state index in [1.54, 1.807) is 6.92 Å². The van der Waals surface area contributed by atoms with Gasteiger partial charge in [-0.3, -0.25) is 9.88 Å². The molecule has 1 fully saturated rings. The van der Waals surface area contributed by atoms with Crippen molar-refractivity contribution in [3.05, 3.63) is 88.0 Å². The first kappa shape index (κ1) is 28.3. The third-order valence-corrected chi connectivity index (χ3v) is 6.52. The molecular weight excluding hydrogens is 502 g/mol. The zero-order valence-electron chi connectivity index (χ0n) is 22.2. The number of hydrogen-bond acceptors (Lipinski definition) is 8. The van der Waals surface area contributed by atoms with E-state index in [9.17, 15) is 19.8 Å². The van der Waals surface area contributed by atoms with Gasteiger partial charge in [-0.1, -0.05) is 62.2 Å². The van der Waals surface area contributed by atoms with Crippen LogP contribution < -0.4 is 15.7 Å². The Labute approximate surface area is 227 Å². The average Bonchev–Trinajstić information content (AvgIpc) is 3.19. The number of hydrogen-bond donors (Lipinski definition) is 3. The minimum Gasteiger partial charge on any atom is -0.489 e. The fourth-order valence-electron chi connectivity index (χ4n) is 4.34. The molecule has 3 aromatic rings. The SMILES string of the molecule is CCCCCOC(=O)Nc1nc(=O)n([C@@H]2O[C@H](C)C(O)C2O)cc1Cc1cccc(OCc2ccccc2)c1. The molecule has 1 aromatic heterocycles. The summed E-state index contributed by atoms with van der Waals surface area (Å²) in [5.74, 6) is 0.711. The Morgan fingerprint density at radius 3 is 2.56 bits per heavy atom. The van der Waals surface area contributed by atoms with Crippen LogP contribution in [0.1, 0.15) is 56.0 Å². The highest BCUT2D eigenvalue weighted by molar-refractivity contribution is 5.84. The largest absolute Gasteiger partial charge is 0.489 e. The first-order chi connectivity index (χ1) is 18.9. The molecule has 2 unspecified atom stereocenters. The third-order valence-electron chi connectivity index (χ3n) is 6.52. The lowest BCUT2D eigenvalue weighted by atomic mass is 10.1. The molecule has 0 radical (unpaired) electrons. The van der Waals surface area contributed by atoms with Gasteiger partial charge in [0, 0.05) is 18.2 Å². The summed E-state index contributed by atoms with van der Waals surface area (Å²) in [5, 5.41) is 23.2. The van der Waals surface area contributed by atoms with Gasteiger partial charge in [0.2, 0.25) is 0 Å². The predicted octanol–water partition coefficient (Wildman–Crippen LogP) is 3.79. The van der Waals surface area contributed by atoms with Crippen molar-refractivity contribution in [2.75, 3.05) is 11.9 Å². The lowest BCUT2D eigenvalue weighted by Crippen LogP contribution is -2.36. The highest BCUT2D eigenvalue weighted by Gasteiger charge is 2.42. The van der Waals surface area contributed by atoms with Gasteiger partial charge in [0.15, 0.2) is 6.23 Å². The van der Waals surface area contributed by atoms with E-state index in [0.717, 1.165) is 35.0 Å². The minimum atomic E-state index is -1.32. The second-order valence-corrected chi connectivity index (χ2v) is 9.58. The Hall–Kier alpha value is -3.73. The summed E-state index contributed by atoms with van der Waals surface area (Å²) < 4.78 is 18.0. The van der Waals surface area contributed by atoms with Crippen molar-refractivity contribution >= 4 is 11.9 Å². The quantitative estimate of drug-likeness (QED) is 0.315. The summed E-state index contributed by atoms with van der Waals surface area (Å²) in [7, 11) is 0. The van der Waals surface area contributed by atoms with Crippen molar-refractivity contribution < 1.29 is 29.2 Å². The number of aromatic nitrogens is 2. The van der Waals surface area contributed by atoms with Crippen molar-refractivity contribution in [1.29, 1.82) is 0 Å². The number of rotatable bonds is 11. The van der Waals surface area contributed by atoms with E-state index in [2.05, 4.69) is 17.2 Å². The lowest BCUT2D eigenvalue weighted by Gasteiger charge is -2.20. The Morgan fingerprint density at radius 1 is 1.08 bits per heavy atom. The third kappa shape index (κ3) is 7.44. The van der Waals surface area contributed by atoms with Crippen LogP contribution in [0.15, 0.2) is 65.6 Å². The van der Waals surface area contributed by atoms with E-state index in [1.165, 1.54) is 6.20 Å². The summed E-state index contributed by atoms with van der Waals surface area (Å²) in [6.07, 6.45) is -0.546. The average molecular weight is 538 g/mol. The van der Waals surface area contributed by atoms with E-state index in [1.807, 2.05) is 54.6 Å². The van der Waals surface area contributed by atoms with E-state index in [0.29, 0.717) is 17.9 Å². The van der Waals surface area contributed by atoms with Gasteiger partial charge < -0.3 is 24.4 Å². The molecule has 1 aliphatic heterocycles. The Morgan fingerprint density at radius 2 is 1.85 bits per heavy atom. The highest BCUT2D eigenvalue weighted by Crippen LogP contribution is 2.29. The first-order valence-electron chi connectivity index (χ1n) is 13.2. The minimum absolute atomic E-state index is 0.0495. The maximum Gasteiger partial charge on any atom is 0.412 e. The van der Waals surface area contributed by atoms with Gasteiger partial charge in [0.05, 0.1) is 12.7 Å². The van der Waals surface area contributed by atoms with Gasteiger partial charge in [-0.05, 0) is 36.6 Å². The van der Waals surface area contributed by atoms with E-state index < -0.39 is 36.3 Å². The molecule has 208 valence electrons. The number of anilines is 1. The predicted molar refractivity (Wildman–Crippen MR) is 145 cm³/mol. The number of carbonyl (C=O) groups is 1. The molecule has 2 aromatic carbocycles. The van der Waals surface area contributed by atoms with Crippen LogP contribution in [-0.2, 0) is 22.5 Å². The van der Waals surface area contributed by atoms with Crippen LogP contribution in [0, 0.1) is 0 Å². The maximum absolute atomic E-state index is 12.9. The molecule has 0 spiro atoms. The molecule has 0 saturated carbocycles. The number of amides is 1. The van der Waals surface area contributed by atoms with E-state index in [4.69, 9.17) is 14.2 Å². The molecule has 10 nitrogen and oxygen atoms in total. The smallest absolute Gasteiger partial charge is 0.412 e. The van der Waals surface area contributed by atoms with Crippen molar-refractivity contribution in [3.8, 4) is 5.75 Å². The first-order valence-corrected chi connectivity index (χ1v) is 13.2. The topological polar surface area (TPSA) is 132 Å². The van der Waals surface area contributed by atoms with Gasteiger partial charge in [-0.2, -0.15) is 4.98 Å². The molecule has 0 aliphatic carbocycles. The molecule has 0 bridgehead atoms. The van der Waals surface area contributed by atoms with E-state index in [-0.39, 0.29) is 18.8 Å². The standard InChI is InChI=1S/C29H35N3O7/c1-3-4-8-14-37-29(36)31-26-22(17-32(28(35)30-26)27-25(34)24(33)19(2)39-27)15-21-12-9-13-23(16-21)38-18-20-10-6-5-7-11-20/h5-7,9-13,16-17,19,24-25,27,33-34H,3-4,8,14-15,18H2,1-2H3,(H,30,31,35,36)/t19-,24?,25?,27-/m1/s1. The van der Waals surface area contributed by atoms with Crippen molar-refractivity contribution in [2.24, 2.45) is 0 Å². The molecular formula is C29H35N3O7. The number of unbranched alkanes of at least 4 members (excludes halogenated alkanes) is 2. The van der Waals surface area contributed by atoms with Gasteiger partial charge in [0.1, 0.15) is 30.4 Å². The fraction of sp³-hybridized carbons (Fsp3) is 0.414. The summed E-state index contributed by atoms with van der Waals surface area (Å²) in [4.78, 5) is 29.4. The van der Waals surface area contributed by atoms with E-state index >= 15 is 0 Å². The monoisotopic (exact) mass is 537 g/mol. The number of carbonyl (C=O) groups excluding carboxylic acids is 1. The number of aliphatic hydroxyl groups excluding tert-OH is 2. The lowest BCUT2D eigenvalue weighted by molar-refractivity contribution is -0.0351. The van der Waals surface area contributed by atoms with Gasteiger partial charge in [0.25, 0.3) is 0 Å². The fourth-order valence-corrected chi connectivity index (χ4v) is 4.34. The van der Waals surface area contributed by atoms with Crippen LogP contribution in [-0.4, -0.2) is 50.8 Å². The molecule has 1 aliphatic rings. The van der Waals surface area contributed by atoms with Crippen LogP contribution in [0.5, 0.6) is 5.75 Å². The molecule has 10 heteroatoms. The van der Waals surface area contributed by atoms with Gasteiger partial charge in [-0.15, -0.1) is 0 Å². The molecule has 2 heterocycles. The molecule has 1 amide bonds. The summed E-state index contributed by atoms with van der Waals surface area (Å²) in [6.45, 7) is 4.33. The molecule has 1 saturated heterocycles. The van der Waals surface area contributed by atoms with Crippen LogP contribution in [0.4, 0.5) is 10.6 Å². The molecule has 4 rings (SSSR count). The summed E-state index contributed by atoms with van der Waals surface area (Å²) in [6, 6.07) is 17.3. The summed E-state index contributed by atoms with van der Waals surface area (Å²) in [5.41, 5.74) is 1.62. The highest BCUT2D eigenvalue weighted by atomic mass is 16.6. The number of nitrogens with one attached hydrogen (secondary N) is 1. The van der Waals surface area contributed by atoms with Crippen LogP contribution in [0.25, 0.3) is 0 Å². The number of benzene rings is 2. The Bertz CT molecular complexity index is 1300. The van der Waals surface area contributed by atoms with Crippen LogP contribution in [0.3, 0.4) is 0 Å². The van der Waals surface area contributed by atoms with Gasteiger partial charge in [-0.25, -0.2) is 9.59 Å². The molecule has 3 N–H and O–H groups in total. The second kappa shape index (κ2) is 13.4. The normalized spacial score (nSPS) is 20.5. The number of aliphatic hydroxyl groups is 2. The van der Waals surface area contributed by atoms with Crippen molar-refractivity contribution in [3.63, 3.8) is 0 Å². The van der Waals surface area contributed by atoms with Crippen molar-refractivity contribution in [1.82, 2.24) is 9.55 Å². The molecule has 39 heavy (non-hydrogen) atoms. The van der Waals surface area contributed by atoms with Crippen LogP contribution >= 0.6 is 0 Å². The van der Waals surface area contributed by atoms with Crippen LogP contribution in [0.2, 0.25) is 0 Å². The Balaban J connectivity index is 1.58. The van der Waals surface area contributed by atoms with Crippen molar-refractivity contribution in [2.45, 2.75) is 70.7 Å². The second-order valence-electron chi connectivity index (χ2n) is 9.58. The zero-order chi connectivity index (χ0) is 27.8. The maximum atomic E-state index is 12.9.